The molecule has 2 rings (SSSR count). The zero-order valence-corrected chi connectivity index (χ0v) is 10.9. The molecule has 1 aromatic rings. The minimum absolute atomic E-state index is 0.0914. The van der Waals surface area contributed by atoms with Crippen LogP contribution < -0.4 is 5.32 Å². The molecule has 0 atom stereocenters. The van der Waals surface area contributed by atoms with E-state index in [9.17, 15) is 4.79 Å². The van der Waals surface area contributed by atoms with E-state index in [2.05, 4.69) is 21.8 Å². The van der Waals surface area contributed by atoms with Crippen LogP contribution in [0, 0.1) is 0 Å². The maximum absolute atomic E-state index is 12.3. The van der Waals surface area contributed by atoms with Crippen molar-refractivity contribution in [2.45, 2.75) is 32.2 Å². The van der Waals surface area contributed by atoms with Gasteiger partial charge in [0.1, 0.15) is 4.88 Å². The van der Waals surface area contributed by atoms with Gasteiger partial charge < -0.3 is 10.2 Å². The topological polar surface area (TPSA) is 58.1 Å². The molecule has 1 fully saturated rings. The van der Waals surface area contributed by atoms with E-state index in [4.69, 9.17) is 0 Å². The van der Waals surface area contributed by atoms with Gasteiger partial charge in [-0.15, -0.1) is 5.10 Å². The molecule has 0 saturated carbocycles. The van der Waals surface area contributed by atoms with Crippen LogP contribution in [0.15, 0.2) is 6.20 Å². The third-order valence-corrected chi connectivity index (χ3v) is 3.70. The van der Waals surface area contributed by atoms with E-state index < -0.39 is 0 Å². The predicted octanol–water partition coefficient (Wildman–Crippen LogP) is 1.14. The molecular weight excluding hydrogens is 236 g/mol. The quantitative estimate of drug-likeness (QED) is 0.875. The van der Waals surface area contributed by atoms with Crippen LogP contribution in [0.2, 0.25) is 0 Å². The van der Waals surface area contributed by atoms with Crippen molar-refractivity contribution >= 4 is 17.4 Å². The lowest BCUT2D eigenvalue weighted by Gasteiger charge is -2.34. The summed E-state index contributed by atoms with van der Waals surface area (Å²) in [5.41, 5.74) is 0. The highest BCUT2D eigenvalue weighted by Gasteiger charge is 2.26. The Morgan fingerprint density at radius 2 is 2.35 bits per heavy atom. The van der Waals surface area contributed by atoms with Gasteiger partial charge in [0.2, 0.25) is 0 Å². The van der Waals surface area contributed by atoms with Crippen LogP contribution in [-0.4, -0.2) is 46.1 Å². The second-order valence-electron chi connectivity index (χ2n) is 4.26. The summed E-state index contributed by atoms with van der Waals surface area (Å²) in [6.07, 6.45) is 4.63. The summed E-state index contributed by atoms with van der Waals surface area (Å²) in [4.78, 5) is 15.0. The van der Waals surface area contributed by atoms with Gasteiger partial charge in [0.25, 0.3) is 5.91 Å². The van der Waals surface area contributed by atoms with Crippen molar-refractivity contribution in [2.75, 3.05) is 19.6 Å². The van der Waals surface area contributed by atoms with Gasteiger partial charge in [-0.25, -0.2) is 0 Å². The maximum Gasteiger partial charge on any atom is 0.267 e. The molecule has 2 heterocycles. The predicted molar refractivity (Wildman–Crippen MR) is 67.1 cm³/mol. The smallest absolute Gasteiger partial charge is 0.267 e. The molecule has 0 unspecified atom stereocenters. The molecule has 1 aliphatic heterocycles. The number of piperidine rings is 1. The van der Waals surface area contributed by atoms with Gasteiger partial charge in [-0.2, -0.15) is 0 Å². The molecule has 0 bridgehead atoms. The summed E-state index contributed by atoms with van der Waals surface area (Å²) >= 11 is 1.18. The molecular formula is C11H18N4OS. The Morgan fingerprint density at radius 3 is 2.94 bits per heavy atom. The zero-order chi connectivity index (χ0) is 12.1. The molecule has 1 aliphatic rings. The number of hydrogen-bond acceptors (Lipinski definition) is 5. The molecule has 1 aromatic heterocycles. The number of amides is 1. The summed E-state index contributed by atoms with van der Waals surface area (Å²) in [6.45, 7) is 4.92. The largest absolute Gasteiger partial charge is 0.335 e. The number of aromatic nitrogens is 2. The van der Waals surface area contributed by atoms with E-state index >= 15 is 0 Å². The van der Waals surface area contributed by atoms with Crippen LogP contribution in [0.5, 0.6) is 0 Å². The molecule has 0 radical (unpaired) electrons. The van der Waals surface area contributed by atoms with Gasteiger partial charge in [-0.3, -0.25) is 4.79 Å². The Balaban J connectivity index is 2.07. The van der Waals surface area contributed by atoms with E-state index in [1.165, 1.54) is 11.5 Å². The van der Waals surface area contributed by atoms with E-state index in [1.807, 2.05) is 4.90 Å². The van der Waals surface area contributed by atoms with Gasteiger partial charge in [0, 0.05) is 12.6 Å². The molecule has 0 spiro atoms. The lowest BCUT2D eigenvalue weighted by Crippen LogP contribution is -2.46. The Labute approximate surface area is 105 Å². The molecule has 1 amide bonds. The van der Waals surface area contributed by atoms with Crippen LogP contribution in [0.25, 0.3) is 0 Å². The molecule has 94 valence electrons. The summed E-state index contributed by atoms with van der Waals surface area (Å²) < 4.78 is 3.76. The SMILES string of the molecule is CCCN(C(=O)c1cnns1)C1CCNCC1. The Bertz CT molecular complexity index is 348. The van der Waals surface area contributed by atoms with Gasteiger partial charge in [-0.1, -0.05) is 11.4 Å². The van der Waals surface area contributed by atoms with Crippen LogP contribution in [0.4, 0.5) is 0 Å². The zero-order valence-electron chi connectivity index (χ0n) is 10.1. The van der Waals surface area contributed by atoms with E-state index in [0.29, 0.717) is 10.9 Å². The van der Waals surface area contributed by atoms with Gasteiger partial charge in [0.05, 0.1) is 6.20 Å². The number of carbonyl (C=O) groups excluding carboxylic acids is 1. The Kier molecular flexibility index (Phi) is 4.44. The third kappa shape index (κ3) is 3.01. The summed E-state index contributed by atoms with van der Waals surface area (Å²) in [5.74, 6) is 0.0914. The minimum atomic E-state index is 0.0914. The summed E-state index contributed by atoms with van der Waals surface area (Å²) in [5, 5.41) is 7.06. The Morgan fingerprint density at radius 1 is 1.59 bits per heavy atom. The Hall–Kier alpha value is -1.01. The number of hydrogen-bond donors (Lipinski definition) is 1. The van der Waals surface area contributed by atoms with E-state index in [1.54, 1.807) is 6.20 Å². The first-order chi connectivity index (χ1) is 8.33. The van der Waals surface area contributed by atoms with Crippen molar-refractivity contribution in [1.82, 2.24) is 19.8 Å². The highest BCUT2D eigenvalue weighted by atomic mass is 32.1. The van der Waals surface area contributed by atoms with E-state index in [0.717, 1.165) is 38.9 Å². The van der Waals surface area contributed by atoms with E-state index in [-0.39, 0.29) is 5.91 Å². The number of rotatable bonds is 4. The summed E-state index contributed by atoms with van der Waals surface area (Å²) in [6, 6.07) is 0.366. The first-order valence-electron chi connectivity index (χ1n) is 6.12. The minimum Gasteiger partial charge on any atom is -0.335 e. The van der Waals surface area contributed by atoms with Crippen molar-refractivity contribution in [1.29, 1.82) is 0 Å². The molecule has 6 heteroatoms. The fourth-order valence-electron chi connectivity index (χ4n) is 2.21. The molecule has 1 N–H and O–H groups in total. The number of nitrogens with one attached hydrogen (secondary N) is 1. The van der Waals surface area contributed by atoms with Crippen LogP contribution >= 0.6 is 11.5 Å². The lowest BCUT2D eigenvalue weighted by molar-refractivity contribution is 0.0647. The van der Waals surface area contributed by atoms with Crippen molar-refractivity contribution in [3.05, 3.63) is 11.1 Å². The highest BCUT2D eigenvalue weighted by Crippen LogP contribution is 2.17. The molecule has 0 aromatic carbocycles. The lowest BCUT2D eigenvalue weighted by atomic mass is 10.0. The van der Waals surface area contributed by atoms with Crippen molar-refractivity contribution < 1.29 is 4.79 Å². The third-order valence-electron chi connectivity index (χ3n) is 3.05. The van der Waals surface area contributed by atoms with Crippen molar-refractivity contribution in [3.63, 3.8) is 0 Å². The van der Waals surface area contributed by atoms with Crippen LogP contribution in [0.1, 0.15) is 35.9 Å². The van der Waals surface area contributed by atoms with Crippen LogP contribution in [-0.2, 0) is 0 Å². The van der Waals surface area contributed by atoms with Gasteiger partial charge in [-0.05, 0) is 43.9 Å². The second kappa shape index (κ2) is 6.07. The number of nitrogens with zero attached hydrogens (tertiary/aromatic N) is 3. The fourth-order valence-corrected chi connectivity index (χ4v) is 2.68. The molecule has 0 aliphatic carbocycles. The molecule has 5 nitrogen and oxygen atoms in total. The van der Waals surface area contributed by atoms with Crippen LogP contribution in [0.3, 0.4) is 0 Å². The number of carbonyl (C=O) groups is 1. The van der Waals surface area contributed by atoms with Crippen molar-refractivity contribution in [2.24, 2.45) is 0 Å². The maximum atomic E-state index is 12.3. The summed E-state index contributed by atoms with van der Waals surface area (Å²) in [7, 11) is 0. The average Bonchev–Trinajstić information content (AvgIpc) is 2.90. The first kappa shape index (κ1) is 12.4. The first-order valence-corrected chi connectivity index (χ1v) is 6.89. The fraction of sp³-hybridized carbons (Fsp3) is 0.727. The highest BCUT2D eigenvalue weighted by molar-refractivity contribution is 7.07. The average molecular weight is 254 g/mol. The van der Waals surface area contributed by atoms with Gasteiger partial charge >= 0.3 is 0 Å². The molecule has 1 saturated heterocycles. The standard InChI is InChI=1S/C11H18N4OS/c1-2-7-15(9-3-5-12-6-4-9)11(16)10-8-13-14-17-10/h8-9,12H,2-7H2,1H3. The van der Waals surface area contributed by atoms with Gasteiger partial charge in [0.15, 0.2) is 0 Å². The normalized spacial score (nSPS) is 17.0. The monoisotopic (exact) mass is 254 g/mol. The second-order valence-corrected chi connectivity index (χ2v) is 5.05. The molecule has 17 heavy (non-hydrogen) atoms. The van der Waals surface area contributed by atoms with Crippen molar-refractivity contribution in [3.8, 4) is 0 Å².